The number of rotatable bonds is 0. The van der Waals surface area contributed by atoms with Crippen LogP contribution in [0.1, 0.15) is 0 Å². The van der Waals surface area contributed by atoms with E-state index in [0.29, 0.717) is 5.57 Å². The molecule has 0 spiro atoms. The highest BCUT2D eigenvalue weighted by atomic mass is 31.0. The summed E-state index contributed by atoms with van der Waals surface area (Å²) in [5, 5.41) is 0. The third-order valence-corrected chi connectivity index (χ3v) is 0.811. The van der Waals surface area contributed by atoms with E-state index in [4.69, 9.17) is 0 Å². The van der Waals surface area contributed by atoms with Gasteiger partial charge in [-0.25, -0.2) is 15.0 Å². The van der Waals surface area contributed by atoms with Crippen molar-refractivity contribution in [2.45, 2.75) is 0 Å². The van der Waals surface area contributed by atoms with E-state index in [1.165, 1.54) is 12.7 Å². The topological polar surface area (TPSA) is 38.7 Å². The minimum absolute atomic E-state index is 0.676. The van der Waals surface area contributed by atoms with Crippen LogP contribution in [0.2, 0.25) is 0 Å². The molecule has 0 fully saturated rings. The summed E-state index contributed by atoms with van der Waals surface area (Å²) in [5.74, 6) is 0. The summed E-state index contributed by atoms with van der Waals surface area (Å²) >= 11 is 0. The van der Waals surface area contributed by atoms with Gasteiger partial charge in [0.15, 0.2) is 0 Å². The molecule has 4 heteroatoms. The van der Waals surface area contributed by atoms with E-state index < -0.39 is 0 Å². The maximum Gasteiger partial charge on any atom is 0.147 e. The van der Waals surface area contributed by atoms with E-state index in [-0.39, 0.29) is 0 Å². The first-order chi connectivity index (χ1) is 3.39. The molecular formula is C3H4N3P. The van der Waals surface area contributed by atoms with Gasteiger partial charge in [-0.2, -0.15) is 0 Å². The Balaban J connectivity index is 3.02. The van der Waals surface area contributed by atoms with Gasteiger partial charge in [-0.15, -0.1) is 0 Å². The van der Waals surface area contributed by atoms with Crippen LogP contribution in [0.15, 0.2) is 12.7 Å². The van der Waals surface area contributed by atoms with E-state index in [1.54, 1.807) is 0 Å². The summed E-state index contributed by atoms with van der Waals surface area (Å²) in [7, 11) is 2.37. The number of hydrogen-bond donors (Lipinski definition) is 0. The Bertz CT molecular complexity index is 140. The first-order valence-electron chi connectivity index (χ1n) is 1.77. The summed E-state index contributed by atoms with van der Waals surface area (Å²) in [5.41, 5.74) is 0.676. The van der Waals surface area contributed by atoms with Crippen LogP contribution in [-0.2, 0) is 0 Å². The molecule has 0 saturated heterocycles. The first-order valence-corrected chi connectivity index (χ1v) is 2.35. The molecule has 1 heterocycles. The van der Waals surface area contributed by atoms with E-state index in [9.17, 15) is 0 Å². The van der Waals surface area contributed by atoms with Crippen LogP contribution in [0.25, 0.3) is 0 Å². The lowest BCUT2D eigenvalue weighted by molar-refractivity contribution is 1.09. The maximum atomic E-state index is 3.72. The van der Waals surface area contributed by atoms with Gasteiger partial charge in [-0.05, 0) is 0 Å². The Labute approximate surface area is 43.4 Å². The summed E-state index contributed by atoms with van der Waals surface area (Å²) in [6.45, 7) is 0. The molecule has 1 rings (SSSR count). The van der Waals surface area contributed by atoms with Crippen LogP contribution < -0.4 is 5.57 Å². The zero-order valence-electron chi connectivity index (χ0n) is 3.57. The van der Waals surface area contributed by atoms with E-state index in [0.717, 1.165) is 0 Å². The number of aromatic nitrogens is 3. The van der Waals surface area contributed by atoms with Crippen molar-refractivity contribution in [3.8, 4) is 0 Å². The van der Waals surface area contributed by atoms with Gasteiger partial charge in [0.1, 0.15) is 18.2 Å². The second-order valence-electron chi connectivity index (χ2n) is 0.996. The van der Waals surface area contributed by atoms with Gasteiger partial charge < -0.3 is 0 Å². The van der Waals surface area contributed by atoms with Crippen molar-refractivity contribution >= 4 is 14.8 Å². The Morgan fingerprint density at radius 3 is 2.14 bits per heavy atom. The predicted molar refractivity (Wildman–Crippen MR) is 29.2 cm³/mol. The van der Waals surface area contributed by atoms with Gasteiger partial charge in [0, 0.05) is 0 Å². The third kappa shape index (κ3) is 1.16. The highest BCUT2D eigenvalue weighted by Gasteiger charge is 1.75. The third-order valence-electron chi connectivity index (χ3n) is 0.513. The van der Waals surface area contributed by atoms with E-state index in [1.807, 2.05) is 0 Å². The molecular weight excluding hydrogens is 109 g/mol. The van der Waals surface area contributed by atoms with Crippen molar-refractivity contribution in [3.05, 3.63) is 12.7 Å². The lowest BCUT2D eigenvalue weighted by Crippen LogP contribution is -2.01. The maximum absolute atomic E-state index is 3.72. The molecule has 0 saturated carbocycles. The van der Waals surface area contributed by atoms with Crippen LogP contribution in [0.3, 0.4) is 0 Å². The fourth-order valence-electron chi connectivity index (χ4n) is 0.248. The minimum Gasteiger partial charge on any atom is -0.225 e. The molecule has 0 N–H and O–H groups in total. The largest absolute Gasteiger partial charge is 0.225 e. The molecule has 0 aliphatic rings. The van der Waals surface area contributed by atoms with Crippen molar-refractivity contribution in [3.63, 3.8) is 0 Å². The van der Waals surface area contributed by atoms with Crippen molar-refractivity contribution in [2.75, 3.05) is 0 Å². The van der Waals surface area contributed by atoms with Crippen LogP contribution in [-0.4, -0.2) is 15.0 Å². The first kappa shape index (κ1) is 4.60. The summed E-state index contributed by atoms with van der Waals surface area (Å²) in [6.07, 6.45) is 2.91. The molecule has 1 aromatic rings. The SMILES string of the molecule is Pc1ncncn1. The monoisotopic (exact) mass is 113 g/mol. The number of hydrogen-bond acceptors (Lipinski definition) is 3. The lowest BCUT2D eigenvalue weighted by Gasteiger charge is -1.80. The average molecular weight is 113 g/mol. The Morgan fingerprint density at radius 1 is 1.29 bits per heavy atom. The van der Waals surface area contributed by atoms with Crippen LogP contribution in [0.4, 0.5) is 0 Å². The Hall–Kier alpha value is -0.560. The molecule has 0 bridgehead atoms. The van der Waals surface area contributed by atoms with Crippen molar-refractivity contribution in [1.82, 2.24) is 15.0 Å². The molecule has 3 nitrogen and oxygen atoms in total. The highest BCUT2D eigenvalue weighted by Crippen LogP contribution is 1.70. The quantitative estimate of drug-likeness (QED) is 0.420. The molecule has 0 aliphatic carbocycles. The van der Waals surface area contributed by atoms with Crippen molar-refractivity contribution < 1.29 is 0 Å². The average Bonchev–Trinajstić information content (AvgIpc) is 1.69. The van der Waals surface area contributed by atoms with Gasteiger partial charge >= 0.3 is 0 Å². The molecule has 0 amide bonds. The van der Waals surface area contributed by atoms with Gasteiger partial charge in [-0.1, -0.05) is 9.24 Å². The number of nitrogens with zero attached hydrogens (tertiary/aromatic N) is 3. The molecule has 1 aromatic heterocycles. The van der Waals surface area contributed by atoms with Crippen LogP contribution in [0, 0.1) is 0 Å². The summed E-state index contributed by atoms with van der Waals surface area (Å²) < 4.78 is 0. The molecule has 0 aliphatic heterocycles. The van der Waals surface area contributed by atoms with Crippen LogP contribution in [0.5, 0.6) is 0 Å². The normalized spacial score (nSPS) is 8.71. The Kier molecular flexibility index (Phi) is 1.27. The van der Waals surface area contributed by atoms with E-state index >= 15 is 0 Å². The van der Waals surface area contributed by atoms with Crippen molar-refractivity contribution in [2.24, 2.45) is 0 Å². The standard InChI is InChI=1S/C3H4N3P/c7-3-5-1-4-2-6-3/h1-2H,7H2. The molecule has 1 atom stereocenters. The Morgan fingerprint density at radius 2 is 1.86 bits per heavy atom. The molecule has 0 radical (unpaired) electrons. The highest BCUT2D eigenvalue weighted by molar-refractivity contribution is 7.26. The predicted octanol–water partition coefficient (Wildman–Crippen LogP) is -0.628. The molecule has 0 aromatic carbocycles. The van der Waals surface area contributed by atoms with Gasteiger partial charge in [0.25, 0.3) is 0 Å². The fraction of sp³-hybridized carbons (Fsp3) is 0. The molecule has 1 unspecified atom stereocenters. The van der Waals surface area contributed by atoms with Crippen LogP contribution >= 0.6 is 9.24 Å². The minimum atomic E-state index is 0.676. The smallest absolute Gasteiger partial charge is 0.147 e. The second-order valence-corrected chi connectivity index (χ2v) is 1.51. The van der Waals surface area contributed by atoms with Gasteiger partial charge in [0.05, 0.1) is 0 Å². The van der Waals surface area contributed by atoms with Crippen molar-refractivity contribution in [1.29, 1.82) is 0 Å². The second kappa shape index (κ2) is 1.94. The van der Waals surface area contributed by atoms with Gasteiger partial charge in [0.2, 0.25) is 0 Å². The molecule has 7 heavy (non-hydrogen) atoms. The molecule has 36 valence electrons. The fourth-order valence-corrected chi connectivity index (χ4v) is 0.381. The van der Waals surface area contributed by atoms with E-state index in [2.05, 4.69) is 24.2 Å². The summed E-state index contributed by atoms with van der Waals surface area (Å²) in [4.78, 5) is 11.0. The summed E-state index contributed by atoms with van der Waals surface area (Å²) in [6, 6.07) is 0. The lowest BCUT2D eigenvalue weighted by atomic mass is 11.1. The zero-order chi connectivity index (χ0) is 5.11. The van der Waals surface area contributed by atoms with Gasteiger partial charge in [-0.3, -0.25) is 0 Å². The zero-order valence-corrected chi connectivity index (χ0v) is 4.73.